The van der Waals surface area contributed by atoms with Crippen molar-refractivity contribution >= 4 is 35.1 Å². The van der Waals surface area contributed by atoms with Gasteiger partial charge >= 0.3 is 0 Å². The molecule has 7 heteroatoms. The lowest BCUT2D eigenvalue weighted by molar-refractivity contribution is 0.300. The zero-order valence-corrected chi connectivity index (χ0v) is 13.9. The van der Waals surface area contributed by atoms with Crippen LogP contribution in [0.25, 0.3) is 0 Å². The van der Waals surface area contributed by atoms with E-state index in [9.17, 15) is 4.39 Å². The second-order valence-corrected chi connectivity index (χ2v) is 5.33. The molecular formula is C16H15ClFN3OS. The Morgan fingerprint density at radius 3 is 2.87 bits per heavy atom. The number of hydrogen-bond donors (Lipinski definition) is 2. The minimum absolute atomic E-state index is 0.0498. The number of hydrogen-bond acceptors (Lipinski definition) is 3. The van der Waals surface area contributed by atoms with Gasteiger partial charge in [0.1, 0.15) is 18.2 Å². The fourth-order valence-electron chi connectivity index (χ4n) is 1.73. The minimum Gasteiger partial charge on any atom is -0.489 e. The number of nitrogens with zero attached hydrogens (tertiary/aromatic N) is 1. The first-order valence-corrected chi connectivity index (χ1v) is 7.55. The van der Waals surface area contributed by atoms with E-state index in [4.69, 9.17) is 28.6 Å². The Kier molecular flexibility index (Phi) is 6.31. The summed E-state index contributed by atoms with van der Waals surface area (Å²) in [6.07, 6.45) is 1.60. The number of halogens is 2. The third kappa shape index (κ3) is 5.19. The van der Waals surface area contributed by atoms with Gasteiger partial charge < -0.3 is 10.1 Å². The zero-order valence-electron chi connectivity index (χ0n) is 12.3. The Bertz CT molecular complexity index is 704. The van der Waals surface area contributed by atoms with Gasteiger partial charge in [-0.3, -0.25) is 5.43 Å². The Morgan fingerprint density at radius 2 is 2.13 bits per heavy atom. The monoisotopic (exact) mass is 351 g/mol. The molecular weight excluding hydrogens is 337 g/mol. The number of ether oxygens (including phenoxy) is 1. The van der Waals surface area contributed by atoms with Gasteiger partial charge in [0.2, 0.25) is 0 Å². The van der Waals surface area contributed by atoms with Crippen LogP contribution in [-0.4, -0.2) is 18.4 Å². The molecule has 2 aromatic carbocycles. The first kappa shape index (κ1) is 17.2. The Balaban J connectivity index is 2.01. The Labute approximate surface area is 144 Å². The van der Waals surface area contributed by atoms with Gasteiger partial charge in [0.25, 0.3) is 0 Å². The van der Waals surface area contributed by atoms with E-state index in [1.54, 1.807) is 37.5 Å². The highest BCUT2D eigenvalue weighted by Crippen LogP contribution is 2.21. The first-order chi connectivity index (χ1) is 11.1. The molecule has 0 saturated carbocycles. The van der Waals surface area contributed by atoms with Crippen LogP contribution in [0.2, 0.25) is 5.02 Å². The third-order valence-electron chi connectivity index (χ3n) is 2.91. The van der Waals surface area contributed by atoms with Crippen molar-refractivity contribution in [3.05, 3.63) is 64.4 Å². The van der Waals surface area contributed by atoms with Crippen LogP contribution in [0.4, 0.5) is 4.39 Å². The van der Waals surface area contributed by atoms with E-state index in [-0.39, 0.29) is 12.4 Å². The maximum atomic E-state index is 13.7. The summed E-state index contributed by atoms with van der Waals surface area (Å²) in [7, 11) is 1.70. The molecule has 4 nitrogen and oxygen atoms in total. The largest absolute Gasteiger partial charge is 0.489 e. The van der Waals surface area contributed by atoms with Gasteiger partial charge in [-0.2, -0.15) is 5.10 Å². The predicted molar refractivity (Wildman–Crippen MR) is 94.6 cm³/mol. The molecule has 0 spiro atoms. The molecule has 0 unspecified atom stereocenters. The Hall–Kier alpha value is -2.18. The normalized spacial score (nSPS) is 10.6. The molecule has 0 radical (unpaired) electrons. The van der Waals surface area contributed by atoms with Crippen LogP contribution in [-0.2, 0) is 6.61 Å². The highest BCUT2D eigenvalue weighted by atomic mass is 35.5. The lowest BCUT2D eigenvalue weighted by Crippen LogP contribution is -2.28. The van der Waals surface area contributed by atoms with Gasteiger partial charge in [0.15, 0.2) is 5.11 Å². The highest BCUT2D eigenvalue weighted by Gasteiger charge is 2.07. The SMILES string of the molecule is CNC(=S)NN=Cc1cccc(OCc2c(F)cccc2Cl)c1. The van der Waals surface area contributed by atoms with E-state index < -0.39 is 0 Å². The van der Waals surface area contributed by atoms with Crippen LogP contribution in [0.1, 0.15) is 11.1 Å². The summed E-state index contributed by atoms with van der Waals surface area (Å²) in [5.41, 5.74) is 3.80. The number of nitrogens with one attached hydrogen (secondary N) is 2. The fourth-order valence-corrected chi connectivity index (χ4v) is 2.00. The molecule has 0 atom stereocenters. The van der Waals surface area contributed by atoms with Gasteiger partial charge in [-0.05, 0) is 42.0 Å². The van der Waals surface area contributed by atoms with E-state index >= 15 is 0 Å². The van der Waals surface area contributed by atoms with Gasteiger partial charge in [-0.25, -0.2) is 4.39 Å². The average molecular weight is 352 g/mol. The smallest absolute Gasteiger partial charge is 0.186 e. The summed E-state index contributed by atoms with van der Waals surface area (Å²) in [6.45, 7) is 0.0498. The summed E-state index contributed by atoms with van der Waals surface area (Å²) in [4.78, 5) is 0. The van der Waals surface area contributed by atoms with E-state index in [2.05, 4.69) is 15.8 Å². The molecule has 2 rings (SSSR count). The molecule has 120 valence electrons. The van der Waals surface area contributed by atoms with Crippen molar-refractivity contribution in [3.63, 3.8) is 0 Å². The number of thiocarbonyl (C=S) groups is 1. The van der Waals surface area contributed by atoms with E-state index in [0.29, 0.717) is 21.4 Å². The van der Waals surface area contributed by atoms with Crippen LogP contribution < -0.4 is 15.5 Å². The third-order valence-corrected chi connectivity index (χ3v) is 3.56. The van der Waals surface area contributed by atoms with Crippen molar-refractivity contribution in [1.82, 2.24) is 10.7 Å². The molecule has 0 saturated heterocycles. The molecule has 0 amide bonds. The molecule has 0 aliphatic rings. The molecule has 0 fully saturated rings. The van der Waals surface area contributed by atoms with Crippen molar-refractivity contribution in [1.29, 1.82) is 0 Å². The maximum absolute atomic E-state index is 13.7. The molecule has 0 aliphatic heterocycles. The second kappa shape index (κ2) is 8.45. The standard InChI is InChI=1S/C16H15ClFN3OS/c1-19-16(23)21-20-9-11-4-2-5-12(8-11)22-10-13-14(17)6-3-7-15(13)18/h2-9H,10H2,1H3,(H2,19,21,23). The maximum Gasteiger partial charge on any atom is 0.186 e. The van der Waals surface area contributed by atoms with Crippen molar-refractivity contribution in [3.8, 4) is 5.75 Å². The van der Waals surface area contributed by atoms with E-state index in [1.165, 1.54) is 6.07 Å². The average Bonchev–Trinajstić information content (AvgIpc) is 2.54. The molecule has 2 N–H and O–H groups in total. The summed E-state index contributed by atoms with van der Waals surface area (Å²) in [5, 5.41) is 7.49. The summed E-state index contributed by atoms with van der Waals surface area (Å²) >= 11 is 10.9. The summed E-state index contributed by atoms with van der Waals surface area (Å²) in [5.74, 6) is 0.199. The lowest BCUT2D eigenvalue weighted by Gasteiger charge is -2.09. The van der Waals surface area contributed by atoms with Crippen molar-refractivity contribution in [2.75, 3.05) is 7.05 Å². The van der Waals surface area contributed by atoms with Crippen LogP contribution in [0.15, 0.2) is 47.6 Å². The predicted octanol–water partition coefficient (Wildman–Crippen LogP) is 3.49. The van der Waals surface area contributed by atoms with Crippen molar-refractivity contribution < 1.29 is 9.13 Å². The first-order valence-electron chi connectivity index (χ1n) is 6.76. The van der Waals surface area contributed by atoms with Gasteiger partial charge in [0, 0.05) is 12.6 Å². The molecule has 0 aliphatic carbocycles. The highest BCUT2D eigenvalue weighted by molar-refractivity contribution is 7.80. The van der Waals surface area contributed by atoms with Crippen molar-refractivity contribution in [2.45, 2.75) is 6.61 Å². The fraction of sp³-hybridized carbons (Fsp3) is 0.125. The molecule has 0 heterocycles. The molecule has 2 aromatic rings. The molecule has 0 aromatic heterocycles. The lowest BCUT2D eigenvalue weighted by atomic mass is 10.2. The van der Waals surface area contributed by atoms with E-state index in [0.717, 1.165) is 5.56 Å². The minimum atomic E-state index is -0.389. The summed E-state index contributed by atoms with van der Waals surface area (Å²) in [6, 6.07) is 11.8. The van der Waals surface area contributed by atoms with E-state index in [1.807, 2.05) is 12.1 Å². The number of benzene rings is 2. The van der Waals surface area contributed by atoms with Crippen LogP contribution in [0.3, 0.4) is 0 Å². The summed E-state index contributed by atoms with van der Waals surface area (Å²) < 4.78 is 19.3. The molecule has 0 bridgehead atoms. The van der Waals surface area contributed by atoms with Crippen LogP contribution >= 0.6 is 23.8 Å². The van der Waals surface area contributed by atoms with Crippen molar-refractivity contribution in [2.24, 2.45) is 5.10 Å². The van der Waals surface area contributed by atoms with Crippen LogP contribution in [0, 0.1) is 5.82 Å². The number of rotatable bonds is 5. The quantitative estimate of drug-likeness (QED) is 0.492. The van der Waals surface area contributed by atoms with Gasteiger partial charge in [-0.15, -0.1) is 0 Å². The molecule has 23 heavy (non-hydrogen) atoms. The second-order valence-electron chi connectivity index (χ2n) is 4.51. The topological polar surface area (TPSA) is 45.7 Å². The van der Waals surface area contributed by atoms with Crippen LogP contribution in [0.5, 0.6) is 5.75 Å². The Morgan fingerprint density at radius 1 is 1.35 bits per heavy atom. The zero-order chi connectivity index (χ0) is 16.7. The number of hydrazone groups is 1. The van der Waals surface area contributed by atoms with Gasteiger partial charge in [-0.1, -0.05) is 29.8 Å². The van der Waals surface area contributed by atoms with Gasteiger partial charge in [0.05, 0.1) is 11.2 Å².